The second-order valence-electron chi connectivity index (χ2n) is 4.91. The van der Waals surface area contributed by atoms with Crippen molar-refractivity contribution in [3.8, 4) is 5.75 Å². The lowest BCUT2D eigenvalue weighted by Gasteiger charge is -1.97. The summed E-state index contributed by atoms with van der Waals surface area (Å²) in [5.41, 5.74) is 2.83. The lowest BCUT2D eigenvalue weighted by molar-refractivity contribution is -0.115. The van der Waals surface area contributed by atoms with E-state index < -0.39 is 0 Å². The number of benzene rings is 2. The number of nitrogens with one attached hydrogen (secondary N) is 1. The van der Waals surface area contributed by atoms with Gasteiger partial charge in [0.1, 0.15) is 5.75 Å². The highest BCUT2D eigenvalue weighted by Gasteiger charge is 2.23. The third-order valence-electron chi connectivity index (χ3n) is 3.11. The third-order valence-corrected chi connectivity index (χ3v) is 4.02. The second kappa shape index (κ2) is 6.07. The minimum Gasteiger partial charge on any atom is -0.508 e. The fraction of sp³-hybridized carbons (Fsp3) is 0.0588. The van der Waals surface area contributed by atoms with Gasteiger partial charge in [-0.15, -0.1) is 0 Å². The van der Waals surface area contributed by atoms with Crippen LogP contribution in [0.1, 0.15) is 11.1 Å². The fourth-order valence-electron chi connectivity index (χ4n) is 1.94. The SMILES string of the molecule is Cc1ccc(N=C2NC(=O)/C(=C\c3ccc(O)cc3)S2)cc1. The Hall–Kier alpha value is -2.53. The van der Waals surface area contributed by atoms with Gasteiger partial charge < -0.3 is 10.4 Å². The summed E-state index contributed by atoms with van der Waals surface area (Å²) in [6.07, 6.45) is 1.77. The number of amides is 1. The van der Waals surface area contributed by atoms with Crippen LogP contribution < -0.4 is 5.32 Å². The van der Waals surface area contributed by atoms with Crippen molar-refractivity contribution in [2.75, 3.05) is 0 Å². The number of hydrogen-bond acceptors (Lipinski definition) is 4. The van der Waals surface area contributed by atoms with Gasteiger partial charge in [-0.25, -0.2) is 4.99 Å². The van der Waals surface area contributed by atoms with E-state index in [9.17, 15) is 9.90 Å². The number of aryl methyl sites for hydroxylation is 1. The van der Waals surface area contributed by atoms with Crippen molar-refractivity contribution in [1.29, 1.82) is 0 Å². The quantitative estimate of drug-likeness (QED) is 0.833. The van der Waals surface area contributed by atoms with Gasteiger partial charge in [0, 0.05) is 0 Å². The molecule has 0 aromatic heterocycles. The molecule has 4 nitrogen and oxygen atoms in total. The van der Waals surface area contributed by atoms with Crippen molar-refractivity contribution in [3.05, 3.63) is 64.6 Å². The van der Waals surface area contributed by atoms with Gasteiger partial charge in [0.25, 0.3) is 5.91 Å². The van der Waals surface area contributed by atoms with Crippen LogP contribution in [0.5, 0.6) is 5.75 Å². The average Bonchev–Trinajstić information content (AvgIpc) is 2.84. The molecule has 1 aliphatic heterocycles. The third kappa shape index (κ3) is 3.38. The molecule has 2 aromatic rings. The van der Waals surface area contributed by atoms with Crippen molar-refractivity contribution in [2.24, 2.45) is 4.99 Å². The summed E-state index contributed by atoms with van der Waals surface area (Å²) in [4.78, 5) is 17.0. The van der Waals surface area contributed by atoms with Gasteiger partial charge in [0.2, 0.25) is 0 Å². The molecular weight excluding hydrogens is 296 g/mol. The van der Waals surface area contributed by atoms with E-state index in [1.165, 1.54) is 17.3 Å². The maximum absolute atomic E-state index is 12.0. The maximum Gasteiger partial charge on any atom is 0.264 e. The number of carbonyl (C=O) groups excluding carboxylic acids is 1. The summed E-state index contributed by atoms with van der Waals surface area (Å²) in [5.74, 6) is 0.0382. The highest BCUT2D eigenvalue weighted by atomic mass is 32.2. The largest absolute Gasteiger partial charge is 0.508 e. The Morgan fingerprint density at radius 2 is 1.77 bits per heavy atom. The Morgan fingerprint density at radius 1 is 1.09 bits per heavy atom. The number of hydrogen-bond donors (Lipinski definition) is 2. The number of aromatic hydroxyl groups is 1. The molecule has 0 bridgehead atoms. The molecule has 0 atom stereocenters. The minimum atomic E-state index is -0.163. The number of phenols is 1. The van der Waals surface area contributed by atoms with Crippen LogP contribution in [0.2, 0.25) is 0 Å². The van der Waals surface area contributed by atoms with E-state index in [1.54, 1.807) is 30.3 Å². The van der Waals surface area contributed by atoms with E-state index in [0.29, 0.717) is 10.1 Å². The van der Waals surface area contributed by atoms with Crippen LogP contribution in [0.4, 0.5) is 5.69 Å². The zero-order valence-corrected chi connectivity index (χ0v) is 12.7. The molecule has 0 aliphatic carbocycles. The summed E-state index contributed by atoms with van der Waals surface area (Å²) in [5, 5.41) is 12.6. The number of rotatable bonds is 2. The minimum absolute atomic E-state index is 0.163. The summed E-state index contributed by atoms with van der Waals surface area (Å²) < 4.78 is 0. The Balaban J connectivity index is 1.80. The highest BCUT2D eigenvalue weighted by molar-refractivity contribution is 8.18. The topological polar surface area (TPSA) is 61.7 Å². The first-order chi connectivity index (χ1) is 10.6. The predicted molar refractivity (Wildman–Crippen MR) is 90.1 cm³/mol. The number of phenolic OH excluding ortho intramolecular Hbond substituents is 1. The molecule has 1 aliphatic rings. The van der Waals surface area contributed by atoms with E-state index in [4.69, 9.17) is 0 Å². The molecule has 1 fully saturated rings. The molecule has 1 amide bonds. The molecule has 0 saturated carbocycles. The number of thioether (sulfide) groups is 1. The van der Waals surface area contributed by atoms with Crippen LogP contribution in [0.25, 0.3) is 6.08 Å². The molecule has 0 spiro atoms. The first-order valence-corrected chi connectivity index (χ1v) is 7.57. The van der Waals surface area contributed by atoms with Crippen molar-refractivity contribution in [3.63, 3.8) is 0 Å². The fourth-order valence-corrected chi connectivity index (χ4v) is 2.78. The number of aliphatic imine (C=N–C) groups is 1. The molecule has 22 heavy (non-hydrogen) atoms. The first kappa shape index (κ1) is 14.4. The van der Waals surface area contributed by atoms with Gasteiger partial charge in [-0.05, 0) is 54.6 Å². The molecule has 2 aromatic carbocycles. The lowest BCUT2D eigenvalue weighted by Crippen LogP contribution is -2.19. The van der Waals surface area contributed by atoms with E-state index in [0.717, 1.165) is 11.3 Å². The van der Waals surface area contributed by atoms with Crippen molar-refractivity contribution in [1.82, 2.24) is 5.32 Å². The molecule has 2 N–H and O–H groups in total. The molecule has 3 rings (SSSR count). The Bertz CT molecular complexity index is 762. The van der Waals surface area contributed by atoms with Crippen molar-refractivity contribution < 1.29 is 9.90 Å². The van der Waals surface area contributed by atoms with Crippen LogP contribution in [-0.2, 0) is 4.79 Å². The summed E-state index contributed by atoms with van der Waals surface area (Å²) in [6, 6.07) is 14.5. The van der Waals surface area contributed by atoms with Gasteiger partial charge in [-0.2, -0.15) is 0 Å². The van der Waals surface area contributed by atoms with Crippen molar-refractivity contribution >= 4 is 34.6 Å². The second-order valence-corrected chi connectivity index (χ2v) is 5.94. The van der Waals surface area contributed by atoms with Crippen LogP contribution in [0.15, 0.2) is 58.4 Å². The van der Waals surface area contributed by atoms with Gasteiger partial charge in [-0.3, -0.25) is 4.79 Å². The van der Waals surface area contributed by atoms with E-state index in [-0.39, 0.29) is 11.7 Å². The number of nitrogens with zero attached hydrogens (tertiary/aromatic N) is 1. The number of carbonyl (C=O) groups is 1. The normalized spacial score (nSPS) is 18.0. The highest BCUT2D eigenvalue weighted by Crippen LogP contribution is 2.28. The zero-order valence-electron chi connectivity index (χ0n) is 11.9. The van der Waals surface area contributed by atoms with E-state index in [2.05, 4.69) is 10.3 Å². The lowest BCUT2D eigenvalue weighted by atomic mass is 10.2. The van der Waals surface area contributed by atoms with Gasteiger partial charge >= 0.3 is 0 Å². The smallest absolute Gasteiger partial charge is 0.264 e. The molecule has 0 radical (unpaired) electrons. The summed E-state index contributed by atoms with van der Waals surface area (Å²) in [7, 11) is 0. The molecule has 0 unspecified atom stereocenters. The molecule has 1 heterocycles. The van der Waals surface area contributed by atoms with Crippen LogP contribution in [-0.4, -0.2) is 16.2 Å². The van der Waals surface area contributed by atoms with Gasteiger partial charge in [0.15, 0.2) is 5.17 Å². The van der Waals surface area contributed by atoms with Crippen LogP contribution >= 0.6 is 11.8 Å². The molecule has 110 valence electrons. The molecular formula is C17H14N2O2S. The first-order valence-electron chi connectivity index (χ1n) is 6.75. The van der Waals surface area contributed by atoms with Crippen LogP contribution in [0.3, 0.4) is 0 Å². The number of amidine groups is 1. The van der Waals surface area contributed by atoms with Gasteiger partial charge in [0.05, 0.1) is 10.6 Å². The summed E-state index contributed by atoms with van der Waals surface area (Å²) in [6.45, 7) is 2.02. The van der Waals surface area contributed by atoms with E-state index >= 15 is 0 Å². The predicted octanol–water partition coefficient (Wildman–Crippen LogP) is 3.59. The van der Waals surface area contributed by atoms with Gasteiger partial charge in [-0.1, -0.05) is 29.8 Å². The molecule has 5 heteroatoms. The Kier molecular flexibility index (Phi) is 3.98. The van der Waals surface area contributed by atoms with Crippen molar-refractivity contribution in [2.45, 2.75) is 6.92 Å². The Labute approximate surface area is 132 Å². The average molecular weight is 310 g/mol. The zero-order chi connectivity index (χ0) is 15.5. The standard InChI is InChI=1S/C17H14N2O2S/c1-11-2-6-13(7-3-11)18-17-19-16(21)15(22-17)10-12-4-8-14(20)9-5-12/h2-10,20H,1H3,(H,18,19,21)/b15-10+. The Morgan fingerprint density at radius 3 is 2.45 bits per heavy atom. The maximum atomic E-state index is 12.0. The molecule has 1 saturated heterocycles. The van der Waals surface area contributed by atoms with Crippen LogP contribution in [0, 0.1) is 6.92 Å². The summed E-state index contributed by atoms with van der Waals surface area (Å²) >= 11 is 1.30. The van der Waals surface area contributed by atoms with E-state index in [1.807, 2.05) is 31.2 Å². The monoisotopic (exact) mass is 310 g/mol.